The van der Waals surface area contributed by atoms with Crippen molar-refractivity contribution in [2.24, 2.45) is 0 Å². The number of imidazole rings is 1. The van der Waals surface area contributed by atoms with E-state index in [0.717, 1.165) is 6.54 Å². The highest BCUT2D eigenvalue weighted by molar-refractivity contribution is 6.31. The molecule has 0 saturated heterocycles. The molecule has 0 spiro atoms. The molecule has 2 aromatic rings. The summed E-state index contributed by atoms with van der Waals surface area (Å²) in [5.74, 6) is 0.217. The van der Waals surface area contributed by atoms with E-state index >= 15 is 0 Å². The molecule has 0 aliphatic heterocycles. The number of hydrogen-bond donors (Lipinski definition) is 1. The number of aliphatic hydroxyl groups is 1. The minimum Gasteiger partial charge on any atom is -0.388 e. The summed E-state index contributed by atoms with van der Waals surface area (Å²) in [5, 5.41) is 10.3. The molecule has 0 aliphatic carbocycles. The van der Waals surface area contributed by atoms with E-state index < -0.39 is 11.9 Å². The second-order valence-electron chi connectivity index (χ2n) is 3.98. The van der Waals surface area contributed by atoms with Gasteiger partial charge in [0.15, 0.2) is 0 Å². The standard InChI is InChI=1S/C13H14ClFN2O/c1-2-17-7-6-16-12(17)8-11(18)13-9(14)4-3-5-10(13)15/h3-7,11,18H,2,8H2,1H3. The maximum absolute atomic E-state index is 13.6. The number of aromatic nitrogens is 2. The van der Waals surface area contributed by atoms with Crippen molar-refractivity contribution in [2.45, 2.75) is 26.0 Å². The Kier molecular flexibility index (Phi) is 3.99. The second-order valence-corrected chi connectivity index (χ2v) is 4.39. The van der Waals surface area contributed by atoms with Gasteiger partial charge in [-0.15, -0.1) is 0 Å². The Morgan fingerprint density at radius 2 is 2.28 bits per heavy atom. The number of aryl methyl sites for hydroxylation is 1. The Labute approximate surface area is 110 Å². The Bertz CT molecular complexity index is 521. The molecule has 96 valence electrons. The largest absolute Gasteiger partial charge is 0.388 e. The van der Waals surface area contributed by atoms with Crippen LogP contribution in [0.1, 0.15) is 24.4 Å². The molecule has 5 heteroatoms. The number of hydrogen-bond acceptors (Lipinski definition) is 2. The normalized spacial score (nSPS) is 12.7. The van der Waals surface area contributed by atoms with Crippen molar-refractivity contribution >= 4 is 11.6 Å². The molecule has 1 unspecified atom stereocenters. The van der Waals surface area contributed by atoms with E-state index in [4.69, 9.17) is 11.6 Å². The third-order valence-electron chi connectivity index (χ3n) is 2.85. The van der Waals surface area contributed by atoms with Gasteiger partial charge in [0.05, 0.1) is 6.10 Å². The summed E-state index contributed by atoms with van der Waals surface area (Å²) in [6, 6.07) is 4.37. The predicted octanol–water partition coefficient (Wildman–Crippen LogP) is 2.97. The summed E-state index contributed by atoms with van der Waals surface area (Å²) in [6.45, 7) is 2.74. The van der Waals surface area contributed by atoms with Gasteiger partial charge in [-0.05, 0) is 19.1 Å². The SMILES string of the molecule is CCn1ccnc1CC(O)c1c(F)cccc1Cl. The molecule has 3 nitrogen and oxygen atoms in total. The van der Waals surface area contributed by atoms with Crippen LogP contribution in [0.4, 0.5) is 4.39 Å². The number of halogens is 2. The van der Waals surface area contributed by atoms with Crippen LogP contribution < -0.4 is 0 Å². The number of aliphatic hydroxyl groups excluding tert-OH is 1. The van der Waals surface area contributed by atoms with E-state index in [2.05, 4.69) is 4.98 Å². The molecule has 0 bridgehead atoms. The fraction of sp³-hybridized carbons (Fsp3) is 0.308. The van der Waals surface area contributed by atoms with Gasteiger partial charge in [-0.2, -0.15) is 0 Å². The molecule has 1 N–H and O–H groups in total. The Morgan fingerprint density at radius 3 is 2.94 bits per heavy atom. The van der Waals surface area contributed by atoms with Gasteiger partial charge in [0.2, 0.25) is 0 Å². The van der Waals surface area contributed by atoms with Crippen LogP contribution in [0.3, 0.4) is 0 Å². The molecule has 18 heavy (non-hydrogen) atoms. The molecule has 0 radical (unpaired) electrons. The molecule has 1 atom stereocenters. The molecule has 2 rings (SSSR count). The van der Waals surface area contributed by atoms with Crippen molar-refractivity contribution < 1.29 is 9.50 Å². The molecule has 0 saturated carbocycles. The molecule has 1 aromatic heterocycles. The smallest absolute Gasteiger partial charge is 0.130 e. The van der Waals surface area contributed by atoms with Gasteiger partial charge in [-0.3, -0.25) is 0 Å². The van der Waals surface area contributed by atoms with Gasteiger partial charge in [0.1, 0.15) is 11.6 Å². The molecule has 1 heterocycles. The zero-order valence-electron chi connectivity index (χ0n) is 9.98. The first-order chi connectivity index (χ1) is 8.63. The topological polar surface area (TPSA) is 38.0 Å². The third-order valence-corrected chi connectivity index (χ3v) is 3.18. The predicted molar refractivity (Wildman–Crippen MR) is 68.0 cm³/mol. The lowest BCUT2D eigenvalue weighted by Crippen LogP contribution is -2.10. The van der Waals surface area contributed by atoms with Crippen LogP contribution in [0.15, 0.2) is 30.6 Å². The van der Waals surface area contributed by atoms with Gasteiger partial charge < -0.3 is 9.67 Å². The van der Waals surface area contributed by atoms with Gasteiger partial charge in [-0.25, -0.2) is 9.37 Å². The van der Waals surface area contributed by atoms with Crippen molar-refractivity contribution in [3.05, 3.63) is 52.8 Å². The van der Waals surface area contributed by atoms with Gasteiger partial charge in [0, 0.05) is 35.9 Å². The summed E-state index contributed by atoms with van der Waals surface area (Å²) < 4.78 is 15.5. The lowest BCUT2D eigenvalue weighted by atomic mass is 10.1. The highest BCUT2D eigenvalue weighted by Crippen LogP contribution is 2.27. The fourth-order valence-corrected chi connectivity index (χ4v) is 2.21. The van der Waals surface area contributed by atoms with Crippen LogP contribution in [-0.4, -0.2) is 14.7 Å². The zero-order valence-corrected chi connectivity index (χ0v) is 10.7. The molecular weight excluding hydrogens is 255 g/mol. The van der Waals surface area contributed by atoms with Crippen LogP contribution >= 0.6 is 11.6 Å². The molecule has 0 aliphatic rings. The second kappa shape index (κ2) is 5.50. The lowest BCUT2D eigenvalue weighted by molar-refractivity contribution is 0.170. The van der Waals surface area contributed by atoms with Crippen molar-refractivity contribution in [3.8, 4) is 0 Å². The van der Waals surface area contributed by atoms with Crippen LogP contribution in [-0.2, 0) is 13.0 Å². The molecule has 0 fully saturated rings. The quantitative estimate of drug-likeness (QED) is 0.926. The van der Waals surface area contributed by atoms with E-state index in [-0.39, 0.29) is 17.0 Å². The maximum Gasteiger partial charge on any atom is 0.130 e. The highest BCUT2D eigenvalue weighted by Gasteiger charge is 2.18. The first-order valence-corrected chi connectivity index (χ1v) is 6.13. The minimum atomic E-state index is -0.994. The lowest BCUT2D eigenvalue weighted by Gasteiger charge is -2.14. The van der Waals surface area contributed by atoms with Crippen LogP contribution in [0.2, 0.25) is 5.02 Å². The summed E-state index contributed by atoms with van der Waals surface area (Å²) >= 11 is 5.91. The monoisotopic (exact) mass is 268 g/mol. The average molecular weight is 269 g/mol. The first-order valence-electron chi connectivity index (χ1n) is 5.75. The summed E-state index contributed by atoms with van der Waals surface area (Å²) in [5.41, 5.74) is 0.129. The van der Waals surface area contributed by atoms with E-state index in [0.29, 0.717) is 5.82 Å². The molecule has 0 amide bonds. The van der Waals surface area contributed by atoms with E-state index in [1.54, 1.807) is 12.3 Å². The maximum atomic E-state index is 13.6. The molecular formula is C13H14ClFN2O. The Morgan fingerprint density at radius 1 is 1.50 bits per heavy atom. The Hall–Kier alpha value is -1.39. The van der Waals surface area contributed by atoms with E-state index in [1.807, 2.05) is 17.7 Å². The summed E-state index contributed by atoms with van der Waals surface area (Å²) in [6.07, 6.45) is 2.73. The van der Waals surface area contributed by atoms with Crippen LogP contribution in [0.25, 0.3) is 0 Å². The Balaban J connectivity index is 2.25. The molecule has 1 aromatic carbocycles. The van der Waals surface area contributed by atoms with Gasteiger partial charge in [0.25, 0.3) is 0 Å². The number of nitrogens with zero attached hydrogens (tertiary/aromatic N) is 2. The minimum absolute atomic E-state index is 0.129. The zero-order chi connectivity index (χ0) is 13.1. The van der Waals surface area contributed by atoms with Crippen LogP contribution in [0, 0.1) is 5.82 Å². The van der Waals surface area contributed by atoms with Gasteiger partial charge in [-0.1, -0.05) is 17.7 Å². The van der Waals surface area contributed by atoms with Crippen LogP contribution in [0.5, 0.6) is 0 Å². The van der Waals surface area contributed by atoms with Crippen molar-refractivity contribution in [1.29, 1.82) is 0 Å². The third kappa shape index (κ3) is 2.54. The summed E-state index contributed by atoms with van der Waals surface area (Å²) in [7, 11) is 0. The van der Waals surface area contributed by atoms with Crippen molar-refractivity contribution in [2.75, 3.05) is 0 Å². The fourth-order valence-electron chi connectivity index (χ4n) is 1.92. The number of benzene rings is 1. The highest BCUT2D eigenvalue weighted by atomic mass is 35.5. The number of rotatable bonds is 4. The first kappa shape index (κ1) is 13.1. The van der Waals surface area contributed by atoms with Gasteiger partial charge >= 0.3 is 0 Å². The van der Waals surface area contributed by atoms with E-state index in [1.165, 1.54) is 12.1 Å². The van der Waals surface area contributed by atoms with Crippen molar-refractivity contribution in [3.63, 3.8) is 0 Å². The van der Waals surface area contributed by atoms with E-state index in [9.17, 15) is 9.50 Å². The average Bonchev–Trinajstić information content (AvgIpc) is 2.76. The summed E-state index contributed by atoms with van der Waals surface area (Å²) in [4.78, 5) is 4.15. The van der Waals surface area contributed by atoms with Crippen molar-refractivity contribution in [1.82, 2.24) is 9.55 Å².